The van der Waals surface area contributed by atoms with Crippen LogP contribution in [0, 0.1) is 11.6 Å². The molecule has 1 rings (SSSR count). The third-order valence-corrected chi connectivity index (χ3v) is 2.50. The summed E-state index contributed by atoms with van der Waals surface area (Å²) in [5, 5.41) is 2.01. The van der Waals surface area contributed by atoms with Gasteiger partial charge in [-0.2, -0.15) is 0 Å². The highest BCUT2D eigenvalue weighted by atomic mass is 19.1. The highest BCUT2D eigenvalue weighted by Gasteiger charge is 2.32. The molecule has 0 unspecified atom stereocenters. The van der Waals surface area contributed by atoms with Crippen LogP contribution in [0.15, 0.2) is 18.2 Å². The SMILES string of the molecule is CCOC(=O)C(NC(=O)c1ccc(F)cc1F)C(=O)OCC. The second-order valence-electron chi connectivity index (χ2n) is 4.03. The summed E-state index contributed by atoms with van der Waals surface area (Å²) in [7, 11) is 0. The minimum atomic E-state index is -1.73. The molecule has 120 valence electrons. The zero-order chi connectivity index (χ0) is 16.7. The summed E-state index contributed by atoms with van der Waals surface area (Å²) in [5.41, 5.74) is -0.514. The van der Waals surface area contributed by atoms with Gasteiger partial charge in [-0.25, -0.2) is 18.4 Å². The summed E-state index contributed by atoms with van der Waals surface area (Å²) in [4.78, 5) is 35.3. The first-order valence-electron chi connectivity index (χ1n) is 6.49. The third-order valence-electron chi connectivity index (χ3n) is 2.50. The number of benzene rings is 1. The zero-order valence-corrected chi connectivity index (χ0v) is 12.0. The van der Waals surface area contributed by atoms with E-state index < -0.39 is 41.1 Å². The molecule has 0 aliphatic carbocycles. The maximum atomic E-state index is 13.5. The van der Waals surface area contributed by atoms with Gasteiger partial charge in [-0.1, -0.05) is 0 Å². The first-order valence-corrected chi connectivity index (χ1v) is 6.49. The molecular formula is C14H15F2NO5. The van der Waals surface area contributed by atoms with E-state index in [1.54, 1.807) is 0 Å². The maximum absolute atomic E-state index is 13.5. The summed E-state index contributed by atoms with van der Waals surface area (Å²) >= 11 is 0. The molecule has 1 aromatic rings. The van der Waals surface area contributed by atoms with Crippen LogP contribution in [-0.2, 0) is 19.1 Å². The number of halogens is 2. The van der Waals surface area contributed by atoms with Crippen LogP contribution in [0.2, 0.25) is 0 Å². The second-order valence-corrected chi connectivity index (χ2v) is 4.03. The van der Waals surface area contributed by atoms with Gasteiger partial charge in [0.25, 0.3) is 5.91 Å². The van der Waals surface area contributed by atoms with Crippen LogP contribution in [0.3, 0.4) is 0 Å². The van der Waals surface area contributed by atoms with Gasteiger partial charge in [-0.3, -0.25) is 4.79 Å². The van der Waals surface area contributed by atoms with E-state index in [0.717, 1.165) is 12.1 Å². The van der Waals surface area contributed by atoms with Crippen molar-refractivity contribution in [2.45, 2.75) is 19.9 Å². The van der Waals surface area contributed by atoms with Crippen molar-refractivity contribution in [1.82, 2.24) is 5.32 Å². The summed E-state index contributed by atoms with van der Waals surface area (Å²) in [6.45, 7) is 2.99. The van der Waals surface area contributed by atoms with Crippen molar-refractivity contribution in [2.24, 2.45) is 0 Å². The van der Waals surface area contributed by atoms with Crippen molar-refractivity contribution in [3.05, 3.63) is 35.4 Å². The molecule has 0 saturated carbocycles. The van der Waals surface area contributed by atoms with Crippen LogP contribution in [0.1, 0.15) is 24.2 Å². The Bertz CT molecular complexity index is 558. The molecule has 6 nitrogen and oxygen atoms in total. The first kappa shape index (κ1) is 17.5. The van der Waals surface area contributed by atoms with Crippen molar-refractivity contribution in [3.63, 3.8) is 0 Å². The predicted octanol–water partition coefficient (Wildman–Crippen LogP) is 1.19. The molecule has 22 heavy (non-hydrogen) atoms. The van der Waals surface area contributed by atoms with Gasteiger partial charge in [0.05, 0.1) is 18.8 Å². The number of nitrogens with one attached hydrogen (secondary N) is 1. The molecule has 1 amide bonds. The molecular weight excluding hydrogens is 300 g/mol. The molecule has 0 aliphatic rings. The largest absolute Gasteiger partial charge is 0.464 e. The van der Waals surface area contributed by atoms with E-state index in [9.17, 15) is 23.2 Å². The minimum absolute atomic E-state index is 0.0183. The topological polar surface area (TPSA) is 81.7 Å². The number of ether oxygens (including phenoxy) is 2. The van der Waals surface area contributed by atoms with E-state index >= 15 is 0 Å². The monoisotopic (exact) mass is 315 g/mol. The fourth-order valence-electron chi connectivity index (χ4n) is 1.55. The number of hydrogen-bond acceptors (Lipinski definition) is 5. The smallest absolute Gasteiger partial charge is 0.340 e. The van der Waals surface area contributed by atoms with Gasteiger partial charge in [-0.15, -0.1) is 0 Å². The lowest BCUT2D eigenvalue weighted by molar-refractivity contribution is -0.157. The highest BCUT2D eigenvalue weighted by Crippen LogP contribution is 2.10. The number of esters is 2. The van der Waals surface area contributed by atoms with Crippen molar-refractivity contribution < 1.29 is 32.6 Å². The van der Waals surface area contributed by atoms with Crippen LogP contribution in [0.4, 0.5) is 8.78 Å². The molecule has 8 heteroatoms. The maximum Gasteiger partial charge on any atom is 0.340 e. The van der Waals surface area contributed by atoms with Gasteiger partial charge in [0.15, 0.2) is 0 Å². The van der Waals surface area contributed by atoms with Gasteiger partial charge >= 0.3 is 11.9 Å². The Kier molecular flexibility index (Phi) is 6.43. The number of rotatable bonds is 6. The van der Waals surface area contributed by atoms with Gasteiger partial charge in [-0.05, 0) is 26.0 Å². The third kappa shape index (κ3) is 4.51. The second kappa shape index (κ2) is 8.06. The summed E-state index contributed by atoms with van der Waals surface area (Å²) in [6, 6.07) is 0.560. The van der Waals surface area contributed by atoms with Crippen molar-refractivity contribution >= 4 is 17.8 Å². The number of carbonyl (C=O) groups excluding carboxylic acids is 3. The lowest BCUT2D eigenvalue weighted by Gasteiger charge is -2.16. The number of carbonyl (C=O) groups is 3. The van der Waals surface area contributed by atoms with E-state index in [2.05, 4.69) is 9.47 Å². The Morgan fingerprint density at radius 2 is 1.64 bits per heavy atom. The molecule has 0 spiro atoms. The Balaban J connectivity index is 2.94. The van der Waals surface area contributed by atoms with Gasteiger partial charge in [0.1, 0.15) is 11.6 Å². The van der Waals surface area contributed by atoms with Crippen LogP contribution in [0.5, 0.6) is 0 Å². The molecule has 0 radical (unpaired) electrons. The van der Waals surface area contributed by atoms with Crippen molar-refractivity contribution in [2.75, 3.05) is 13.2 Å². The molecule has 0 aromatic heterocycles. The van der Waals surface area contributed by atoms with Crippen LogP contribution in [-0.4, -0.2) is 37.1 Å². The Labute approximate surface area is 125 Å². The Morgan fingerprint density at radius 1 is 1.09 bits per heavy atom. The van der Waals surface area contributed by atoms with Gasteiger partial charge in [0.2, 0.25) is 6.04 Å². The average Bonchev–Trinajstić information content (AvgIpc) is 2.44. The van der Waals surface area contributed by atoms with Gasteiger partial charge < -0.3 is 14.8 Å². The molecule has 0 bridgehead atoms. The zero-order valence-electron chi connectivity index (χ0n) is 12.0. The summed E-state index contributed by atoms with van der Waals surface area (Å²) < 4.78 is 35.6. The first-order chi connectivity index (χ1) is 10.4. The molecule has 0 heterocycles. The lowest BCUT2D eigenvalue weighted by Crippen LogP contribution is -2.48. The van der Waals surface area contributed by atoms with Crippen LogP contribution >= 0.6 is 0 Å². The van der Waals surface area contributed by atoms with E-state index in [1.807, 2.05) is 5.32 Å². The van der Waals surface area contributed by atoms with E-state index in [0.29, 0.717) is 6.07 Å². The Morgan fingerprint density at radius 3 is 2.09 bits per heavy atom. The van der Waals surface area contributed by atoms with E-state index in [-0.39, 0.29) is 13.2 Å². The van der Waals surface area contributed by atoms with E-state index in [1.165, 1.54) is 13.8 Å². The average molecular weight is 315 g/mol. The minimum Gasteiger partial charge on any atom is -0.464 e. The predicted molar refractivity (Wildman–Crippen MR) is 70.9 cm³/mol. The molecule has 0 saturated heterocycles. The molecule has 0 atom stereocenters. The quantitative estimate of drug-likeness (QED) is 0.630. The van der Waals surface area contributed by atoms with E-state index in [4.69, 9.17) is 0 Å². The normalized spacial score (nSPS) is 10.2. The van der Waals surface area contributed by atoms with Crippen LogP contribution < -0.4 is 5.32 Å². The fraction of sp³-hybridized carbons (Fsp3) is 0.357. The molecule has 0 fully saturated rings. The van der Waals surface area contributed by atoms with Crippen molar-refractivity contribution in [3.8, 4) is 0 Å². The van der Waals surface area contributed by atoms with Crippen LogP contribution in [0.25, 0.3) is 0 Å². The standard InChI is InChI=1S/C14H15F2NO5/c1-3-21-13(19)11(14(20)22-4-2)17-12(18)9-6-5-8(15)7-10(9)16/h5-7,11H,3-4H2,1-2H3,(H,17,18). The number of hydrogen-bond donors (Lipinski definition) is 1. The highest BCUT2D eigenvalue weighted by molar-refractivity contribution is 6.05. The molecule has 0 aliphatic heterocycles. The Hall–Kier alpha value is -2.51. The molecule has 1 aromatic carbocycles. The summed E-state index contributed by atoms with van der Waals surface area (Å²) in [5.74, 6) is -5.11. The summed E-state index contributed by atoms with van der Waals surface area (Å²) in [6.07, 6.45) is 0. The number of amides is 1. The molecule has 1 N–H and O–H groups in total. The van der Waals surface area contributed by atoms with Gasteiger partial charge in [0, 0.05) is 6.07 Å². The lowest BCUT2D eigenvalue weighted by atomic mass is 10.1. The fourth-order valence-corrected chi connectivity index (χ4v) is 1.55. The van der Waals surface area contributed by atoms with Crippen molar-refractivity contribution in [1.29, 1.82) is 0 Å².